The van der Waals surface area contributed by atoms with Crippen LogP contribution in [-0.2, 0) is 0 Å². The highest BCUT2D eigenvalue weighted by Crippen LogP contribution is 2.59. The van der Waals surface area contributed by atoms with Crippen LogP contribution >= 0.6 is 0 Å². The summed E-state index contributed by atoms with van der Waals surface area (Å²) in [4.78, 5) is 15.0. The Morgan fingerprint density at radius 3 is 1.53 bits per heavy atom. The van der Waals surface area contributed by atoms with Crippen molar-refractivity contribution < 1.29 is 55.5 Å². The molecule has 0 unspecified atom stereocenters. The molecule has 0 amide bonds. The van der Waals surface area contributed by atoms with Crippen molar-refractivity contribution in [2.24, 2.45) is 0 Å². The van der Waals surface area contributed by atoms with Crippen LogP contribution in [0.4, 0.5) is 0 Å². The number of furan rings is 1. The van der Waals surface area contributed by atoms with E-state index in [0.717, 1.165) is 27.6 Å². The molecule has 15 heteroatoms. The third kappa shape index (κ3) is 6.41. The zero-order valence-electron chi connectivity index (χ0n) is 37.2. The molecule has 3 aromatic heterocycles. The van der Waals surface area contributed by atoms with Crippen LogP contribution in [0.5, 0.6) is 57.5 Å². The molecule has 0 aliphatic rings. The molecular formula is C57H36N4O11. The molecule has 0 fully saturated rings. The van der Waals surface area contributed by atoms with E-state index < -0.39 is 68.6 Å². The van der Waals surface area contributed by atoms with Crippen molar-refractivity contribution in [1.29, 1.82) is 0 Å². The van der Waals surface area contributed by atoms with Crippen LogP contribution in [0, 0.1) is 0 Å². The number of rotatable bonds is 7. The number of aromatic nitrogens is 4. The molecule has 0 atom stereocenters. The second-order valence-electron chi connectivity index (χ2n) is 17.1. The Labute approximate surface area is 405 Å². The summed E-state index contributed by atoms with van der Waals surface area (Å²) in [6, 6.07) is 48.5. The summed E-state index contributed by atoms with van der Waals surface area (Å²) in [5.41, 5.74) is 4.73. The smallest absolute Gasteiger partial charge is 0.208 e. The summed E-state index contributed by atoms with van der Waals surface area (Å²) in [6.45, 7) is 0. The van der Waals surface area contributed by atoms with E-state index in [4.69, 9.17) is 19.4 Å². The number of phenols is 10. The summed E-state index contributed by atoms with van der Waals surface area (Å²) in [7, 11) is 0. The van der Waals surface area contributed by atoms with Crippen LogP contribution in [0.3, 0.4) is 0 Å². The average Bonchev–Trinajstić information content (AvgIpc) is 3.97. The zero-order chi connectivity index (χ0) is 49.7. The normalized spacial score (nSPS) is 11.6. The lowest BCUT2D eigenvalue weighted by Gasteiger charge is -2.18. The monoisotopic (exact) mass is 952 g/mol. The van der Waals surface area contributed by atoms with E-state index in [0.29, 0.717) is 61.6 Å². The maximum absolute atomic E-state index is 11.5. The molecule has 350 valence electrons. The number of nitrogens with zero attached hydrogens (tertiary/aromatic N) is 4. The minimum Gasteiger partial charge on any atom is -0.504 e. The lowest BCUT2D eigenvalue weighted by atomic mass is 9.92. The standard InChI is InChI=1S/C57H36N4O11/c62-44-41(45(63)49(67)52(70)48(44)66)30-24-36-32-17-9-10-20-38(32)61(43(36)37(25-30)42-46(64)50(68)53(71)51(69)47(42)65)39-21-11-19-34-33-23-22-29(26-40(33)72-54(34)39)56-58-55(28-14-5-2-6-15-28)59-57(60-56)35-18-8-7-16-31(35)27-12-3-1-4-13-27/h1-26,62-71H. The topological polar surface area (TPSA) is 259 Å². The number of fused-ring (bicyclic) bond motifs is 6. The van der Waals surface area contributed by atoms with Crippen molar-refractivity contribution in [3.63, 3.8) is 0 Å². The van der Waals surface area contributed by atoms with Gasteiger partial charge in [0.2, 0.25) is 34.5 Å². The molecule has 0 saturated heterocycles. The van der Waals surface area contributed by atoms with Crippen molar-refractivity contribution >= 4 is 43.7 Å². The first kappa shape index (κ1) is 42.9. The molecule has 72 heavy (non-hydrogen) atoms. The van der Waals surface area contributed by atoms with E-state index in [1.807, 2.05) is 115 Å². The van der Waals surface area contributed by atoms with Gasteiger partial charge in [-0.05, 0) is 53.1 Å². The van der Waals surface area contributed by atoms with Crippen molar-refractivity contribution in [3.05, 3.63) is 158 Å². The van der Waals surface area contributed by atoms with E-state index in [1.165, 1.54) is 12.1 Å². The third-order valence-corrected chi connectivity index (χ3v) is 13.0. The SMILES string of the molecule is Oc1c(O)c(O)c(-c2cc(-c3c(O)c(O)c(O)c(O)c3O)c3c(c2)c2ccccc2n3-c2cccc3c2oc2cc(-c4nc(-c5ccccc5)nc(-c5ccccc5-c5ccccc5)n4)ccc23)c(O)c1O. The summed E-state index contributed by atoms with van der Waals surface area (Å²) >= 11 is 0. The third-order valence-electron chi connectivity index (χ3n) is 13.0. The van der Waals surface area contributed by atoms with Gasteiger partial charge in [-0.1, -0.05) is 121 Å². The summed E-state index contributed by atoms with van der Waals surface area (Å²) in [5.74, 6) is -9.93. The van der Waals surface area contributed by atoms with E-state index >= 15 is 0 Å². The number of para-hydroxylation sites is 2. The quantitative estimate of drug-likeness (QED) is 0.0527. The second-order valence-corrected chi connectivity index (χ2v) is 17.1. The number of hydrogen-bond donors (Lipinski definition) is 10. The highest BCUT2D eigenvalue weighted by Gasteiger charge is 2.31. The van der Waals surface area contributed by atoms with Crippen LogP contribution in [0.1, 0.15) is 0 Å². The van der Waals surface area contributed by atoms with Crippen molar-refractivity contribution in [1.82, 2.24) is 19.5 Å². The summed E-state index contributed by atoms with van der Waals surface area (Å²) in [5, 5.41) is 111. The molecule has 0 spiro atoms. The molecule has 12 aromatic rings. The summed E-state index contributed by atoms with van der Waals surface area (Å²) in [6.07, 6.45) is 0. The average molecular weight is 953 g/mol. The number of aromatic hydroxyl groups is 10. The second kappa shape index (κ2) is 16.1. The molecule has 0 bridgehead atoms. The largest absolute Gasteiger partial charge is 0.504 e. The minimum absolute atomic E-state index is 0.137. The first-order chi connectivity index (χ1) is 34.9. The van der Waals surface area contributed by atoms with Crippen LogP contribution in [-0.4, -0.2) is 70.6 Å². The van der Waals surface area contributed by atoms with E-state index in [-0.39, 0.29) is 16.6 Å². The van der Waals surface area contributed by atoms with Gasteiger partial charge in [0, 0.05) is 43.8 Å². The van der Waals surface area contributed by atoms with Crippen molar-refractivity contribution in [2.45, 2.75) is 0 Å². The Morgan fingerprint density at radius 2 is 0.861 bits per heavy atom. The lowest BCUT2D eigenvalue weighted by Crippen LogP contribution is -2.01. The molecule has 0 radical (unpaired) electrons. The zero-order valence-corrected chi connectivity index (χ0v) is 37.2. The van der Waals surface area contributed by atoms with Crippen molar-refractivity contribution in [2.75, 3.05) is 0 Å². The molecule has 12 rings (SSSR count). The fraction of sp³-hybridized carbons (Fsp3) is 0. The fourth-order valence-electron chi connectivity index (χ4n) is 9.57. The van der Waals surface area contributed by atoms with E-state index in [2.05, 4.69) is 0 Å². The van der Waals surface area contributed by atoms with Crippen LogP contribution in [0.15, 0.2) is 162 Å². The number of hydrogen-bond acceptors (Lipinski definition) is 14. The first-order valence-electron chi connectivity index (χ1n) is 22.3. The molecule has 3 heterocycles. The van der Waals surface area contributed by atoms with Gasteiger partial charge < -0.3 is 60.0 Å². The van der Waals surface area contributed by atoms with E-state index in [9.17, 15) is 51.1 Å². The lowest BCUT2D eigenvalue weighted by molar-refractivity contribution is 0.330. The van der Waals surface area contributed by atoms with Gasteiger partial charge in [0.15, 0.2) is 46.1 Å². The molecule has 0 aliphatic heterocycles. The Morgan fingerprint density at radius 1 is 0.333 bits per heavy atom. The minimum atomic E-state index is -1.21. The van der Waals surface area contributed by atoms with Crippen molar-refractivity contribution in [3.8, 4) is 131 Å². The fourth-order valence-corrected chi connectivity index (χ4v) is 9.57. The van der Waals surface area contributed by atoms with Gasteiger partial charge in [0.05, 0.1) is 27.8 Å². The number of benzene rings is 9. The molecule has 0 saturated carbocycles. The van der Waals surface area contributed by atoms with Gasteiger partial charge in [-0.2, -0.15) is 0 Å². The van der Waals surface area contributed by atoms with Crippen LogP contribution < -0.4 is 0 Å². The Kier molecular flexibility index (Phi) is 9.60. The Balaban J connectivity index is 1.11. The molecular weight excluding hydrogens is 917 g/mol. The van der Waals surface area contributed by atoms with Gasteiger partial charge in [0.25, 0.3) is 0 Å². The highest BCUT2D eigenvalue weighted by atomic mass is 16.4. The van der Waals surface area contributed by atoms with Gasteiger partial charge in [-0.3, -0.25) is 0 Å². The number of phenolic OH excluding ortho intramolecular Hbond substituents is 10. The van der Waals surface area contributed by atoms with Gasteiger partial charge >= 0.3 is 0 Å². The maximum Gasteiger partial charge on any atom is 0.208 e. The molecule has 0 aliphatic carbocycles. The molecule has 15 nitrogen and oxygen atoms in total. The van der Waals surface area contributed by atoms with E-state index in [1.54, 1.807) is 34.9 Å². The Bertz CT molecular complexity index is 4170. The first-order valence-corrected chi connectivity index (χ1v) is 22.3. The molecule has 10 N–H and O–H groups in total. The predicted molar refractivity (Wildman–Crippen MR) is 271 cm³/mol. The van der Waals surface area contributed by atoms with Gasteiger partial charge in [-0.15, -0.1) is 0 Å². The maximum atomic E-state index is 11.5. The highest BCUT2D eigenvalue weighted by molar-refractivity contribution is 6.18. The Hall–Kier alpha value is -10.4. The molecule has 9 aromatic carbocycles. The van der Waals surface area contributed by atoms with Crippen LogP contribution in [0.2, 0.25) is 0 Å². The predicted octanol–water partition coefficient (Wildman–Crippen LogP) is 11.9. The van der Waals surface area contributed by atoms with Gasteiger partial charge in [0.1, 0.15) is 5.58 Å². The van der Waals surface area contributed by atoms with Crippen LogP contribution in [0.25, 0.3) is 117 Å². The summed E-state index contributed by atoms with van der Waals surface area (Å²) < 4.78 is 8.59. The van der Waals surface area contributed by atoms with Gasteiger partial charge in [-0.25, -0.2) is 15.0 Å².